The van der Waals surface area contributed by atoms with E-state index in [1.54, 1.807) is 17.0 Å². The highest BCUT2D eigenvalue weighted by atomic mass is 32.1. The zero-order chi connectivity index (χ0) is 18.0. The van der Waals surface area contributed by atoms with Crippen LogP contribution in [0.15, 0.2) is 22.8 Å². The fourth-order valence-corrected chi connectivity index (χ4v) is 3.93. The lowest BCUT2D eigenvalue weighted by atomic mass is 10.1. The van der Waals surface area contributed by atoms with E-state index in [1.807, 2.05) is 6.92 Å². The van der Waals surface area contributed by atoms with Gasteiger partial charge >= 0.3 is 0 Å². The van der Waals surface area contributed by atoms with Gasteiger partial charge in [-0.2, -0.15) is 0 Å². The van der Waals surface area contributed by atoms with E-state index in [2.05, 4.69) is 24.1 Å². The first-order chi connectivity index (χ1) is 12.0. The van der Waals surface area contributed by atoms with Gasteiger partial charge in [-0.1, -0.05) is 13.8 Å². The van der Waals surface area contributed by atoms with Crippen LogP contribution in [0.2, 0.25) is 0 Å². The number of furan rings is 1. The molecule has 0 spiro atoms. The number of piperidine rings is 1. The summed E-state index contributed by atoms with van der Waals surface area (Å²) in [5.41, 5.74) is 0.769. The largest absolute Gasteiger partial charge is 0.459 e. The van der Waals surface area contributed by atoms with Gasteiger partial charge in [0.1, 0.15) is 4.88 Å². The van der Waals surface area contributed by atoms with E-state index in [-0.39, 0.29) is 17.9 Å². The molecular weight excluding hydrogens is 338 g/mol. The predicted molar refractivity (Wildman–Crippen MR) is 96.0 cm³/mol. The molecule has 1 atom stereocenters. The molecule has 3 heterocycles. The summed E-state index contributed by atoms with van der Waals surface area (Å²) < 4.78 is 5.19. The van der Waals surface area contributed by atoms with Crippen molar-refractivity contribution < 1.29 is 14.0 Å². The minimum absolute atomic E-state index is 0.0517. The van der Waals surface area contributed by atoms with Gasteiger partial charge in [0.15, 0.2) is 5.76 Å². The number of nitrogens with zero attached hydrogens (tertiary/aromatic N) is 2. The maximum atomic E-state index is 12.6. The molecule has 2 amide bonds. The van der Waals surface area contributed by atoms with Crippen LogP contribution in [-0.4, -0.2) is 40.8 Å². The molecule has 2 aromatic heterocycles. The average molecular weight is 361 g/mol. The van der Waals surface area contributed by atoms with E-state index in [9.17, 15) is 9.59 Å². The van der Waals surface area contributed by atoms with Gasteiger partial charge in [0.25, 0.3) is 11.8 Å². The maximum absolute atomic E-state index is 12.6. The Bertz CT molecular complexity index is 752. The number of carbonyl (C=O) groups excluding carboxylic acids is 2. The van der Waals surface area contributed by atoms with Gasteiger partial charge in [-0.05, 0) is 31.9 Å². The molecular formula is C18H23N3O3S. The molecule has 0 aliphatic carbocycles. The van der Waals surface area contributed by atoms with Gasteiger partial charge in [-0.3, -0.25) is 9.59 Å². The molecule has 1 aliphatic rings. The van der Waals surface area contributed by atoms with Gasteiger partial charge in [0, 0.05) is 25.0 Å². The molecule has 25 heavy (non-hydrogen) atoms. The molecule has 7 heteroatoms. The highest BCUT2D eigenvalue weighted by molar-refractivity contribution is 7.13. The van der Waals surface area contributed by atoms with Crippen molar-refractivity contribution in [2.75, 3.05) is 13.1 Å². The second kappa shape index (κ2) is 7.39. The molecule has 1 N–H and O–H groups in total. The summed E-state index contributed by atoms with van der Waals surface area (Å²) in [6.45, 7) is 7.19. The predicted octanol–water partition coefficient (Wildman–Crippen LogP) is 3.20. The lowest BCUT2D eigenvalue weighted by Crippen LogP contribution is -2.49. The topological polar surface area (TPSA) is 75.4 Å². The number of nitrogens with one attached hydrogen (secondary N) is 1. The number of hydrogen-bond acceptors (Lipinski definition) is 5. The van der Waals surface area contributed by atoms with Crippen LogP contribution in [0.5, 0.6) is 0 Å². The zero-order valence-corrected chi connectivity index (χ0v) is 15.6. The highest BCUT2D eigenvalue weighted by Gasteiger charge is 2.28. The molecule has 1 saturated heterocycles. The molecule has 0 bridgehead atoms. The number of rotatable bonds is 4. The number of carbonyl (C=O) groups is 2. The Morgan fingerprint density at radius 1 is 1.44 bits per heavy atom. The molecule has 1 aliphatic heterocycles. The highest BCUT2D eigenvalue weighted by Crippen LogP contribution is 2.25. The first-order valence-electron chi connectivity index (χ1n) is 8.56. The molecule has 3 rings (SSSR count). The number of amides is 2. The van der Waals surface area contributed by atoms with Crippen LogP contribution in [0.1, 0.15) is 63.5 Å². The van der Waals surface area contributed by atoms with Gasteiger partial charge in [0.2, 0.25) is 0 Å². The third kappa shape index (κ3) is 3.92. The zero-order valence-electron chi connectivity index (χ0n) is 14.7. The van der Waals surface area contributed by atoms with E-state index in [0.29, 0.717) is 29.6 Å². The SMILES string of the molecule is Cc1nc(C(C)C)sc1C(=O)N[C@H]1CCCN(C(=O)c2ccco2)C1. The van der Waals surface area contributed by atoms with E-state index in [4.69, 9.17) is 4.42 Å². The molecule has 134 valence electrons. The normalized spacial score (nSPS) is 17.8. The fraction of sp³-hybridized carbons (Fsp3) is 0.500. The van der Waals surface area contributed by atoms with E-state index in [1.165, 1.54) is 17.6 Å². The standard InChI is InChI=1S/C18H23N3O3S/c1-11(2)17-19-12(3)15(25-17)16(22)20-13-6-4-8-21(10-13)18(23)14-7-5-9-24-14/h5,7,9,11,13H,4,6,8,10H2,1-3H3,(H,20,22)/t13-/m0/s1. The lowest BCUT2D eigenvalue weighted by Gasteiger charge is -2.32. The second-order valence-corrected chi connectivity index (χ2v) is 7.69. The van der Waals surface area contributed by atoms with Crippen LogP contribution < -0.4 is 5.32 Å². The Labute approximate surface area is 151 Å². The minimum atomic E-state index is -0.125. The maximum Gasteiger partial charge on any atom is 0.289 e. The first-order valence-corrected chi connectivity index (χ1v) is 9.38. The lowest BCUT2D eigenvalue weighted by molar-refractivity contribution is 0.0647. The Balaban J connectivity index is 1.64. The van der Waals surface area contributed by atoms with Crippen LogP contribution in [-0.2, 0) is 0 Å². The van der Waals surface area contributed by atoms with Gasteiger partial charge in [-0.25, -0.2) is 4.98 Å². The summed E-state index contributed by atoms with van der Waals surface area (Å²) in [5, 5.41) is 4.04. The van der Waals surface area contributed by atoms with Crippen molar-refractivity contribution in [2.45, 2.75) is 45.6 Å². The summed E-state index contributed by atoms with van der Waals surface area (Å²) >= 11 is 1.45. The Kier molecular flexibility index (Phi) is 5.22. The van der Waals surface area contributed by atoms with Gasteiger partial charge in [0.05, 0.1) is 17.0 Å². The van der Waals surface area contributed by atoms with Crippen LogP contribution in [0.25, 0.3) is 0 Å². The molecule has 2 aromatic rings. The van der Waals surface area contributed by atoms with Crippen molar-refractivity contribution in [1.29, 1.82) is 0 Å². The first kappa shape index (κ1) is 17.7. The van der Waals surface area contributed by atoms with Gasteiger partial charge < -0.3 is 14.6 Å². The third-order valence-corrected chi connectivity index (χ3v) is 5.75. The number of aryl methyl sites for hydroxylation is 1. The minimum Gasteiger partial charge on any atom is -0.459 e. The van der Waals surface area contributed by atoms with Crippen LogP contribution >= 0.6 is 11.3 Å². The molecule has 1 fully saturated rings. The summed E-state index contributed by atoms with van der Waals surface area (Å²) in [5.74, 6) is 0.424. The second-order valence-electron chi connectivity index (χ2n) is 6.66. The average Bonchev–Trinajstić information content (AvgIpc) is 3.24. The number of hydrogen-bond donors (Lipinski definition) is 1. The molecule has 0 radical (unpaired) electrons. The van der Waals surface area contributed by atoms with Crippen molar-refractivity contribution in [2.24, 2.45) is 0 Å². The van der Waals surface area contributed by atoms with Gasteiger partial charge in [-0.15, -0.1) is 11.3 Å². The summed E-state index contributed by atoms with van der Waals surface area (Å²) in [6.07, 6.45) is 3.22. The molecule has 0 aromatic carbocycles. The summed E-state index contributed by atoms with van der Waals surface area (Å²) in [7, 11) is 0. The number of thiazole rings is 1. The van der Waals surface area contributed by atoms with Crippen molar-refractivity contribution in [3.63, 3.8) is 0 Å². The Morgan fingerprint density at radius 3 is 2.88 bits per heavy atom. The third-order valence-electron chi connectivity index (χ3n) is 4.29. The molecule has 6 nitrogen and oxygen atoms in total. The molecule has 0 unspecified atom stereocenters. The Morgan fingerprint density at radius 2 is 2.24 bits per heavy atom. The monoisotopic (exact) mass is 361 g/mol. The summed E-state index contributed by atoms with van der Waals surface area (Å²) in [6, 6.07) is 3.32. The van der Waals surface area contributed by atoms with Crippen LogP contribution in [0.4, 0.5) is 0 Å². The van der Waals surface area contributed by atoms with Crippen molar-refractivity contribution >= 4 is 23.2 Å². The smallest absolute Gasteiger partial charge is 0.289 e. The van der Waals surface area contributed by atoms with E-state index >= 15 is 0 Å². The van der Waals surface area contributed by atoms with Crippen molar-refractivity contribution in [1.82, 2.24) is 15.2 Å². The summed E-state index contributed by atoms with van der Waals surface area (Å²) in [4.78, 5) is 31.9. The number of likely N-dealkylation sites (tertiary alicyclic amines) is 1. The van der Waals surface area contributed by atoms with E-state index in [0.717, 1.165) is 23.5 Å². The van der Waals surface area contributed by atoms with Crippen molar-refractivity contribution in [3.8, 4) is 0 Å². The molecule has 0 saturated carbocycles. The Hall–Kier alpha value is -2.15. The van der Waals surface area contributed by atoms with Crippen molar-refractivity contribution in [3.05, 3.63) is 39.7 Å². The fourth-order valence-electron chi connectivity index (χ4n) is 2.96. The quantitative estimate of drug-likeness (QED) is 0.907. The van der Waals surface area contributed by atoms with E-state index < -0.39 is 0 Å². The number of aromatic nitrogens is 1. The van der Waals surface area contributed by atoms with Crippen LogP contribution in [0, 0.1) is 6.92 Å². The van der Waals surface area contributed by atoms with Crippen LogP contribution in [0.3, 0.4) is 0 Å².